The Kier molecular flexibility index (Phi) is 6.77. The van der Waals surface area contributed by atoms with Crippen LogP contribution in [0.15, 0.2) is 65.1 Å². The second-order valence-electron chi connectivity index (χ2n) is 10.1. The van der Waals surface area contributed by atoms with Crippen LogP contribution in [0.5, 0.6) is 11.5 Å². The second-order valence-corrected chi connectivity index (χ2v) is 11.4. The fraction of sp³-hybridized carbons (Fsp3) is 0.345. The highest BCUT2D eigenvalue weighted by molar-refractivity contribution is 9.10. The van der Waals surface area contributed by atoms with E-state index >= 15 is 0 Å². The van der Waals surface area contributed by atoms with Crippen LogP contribution in [0.4, 0.5) is 5.69 Å². The summed E-state index contributed by atoms with van der Waals surface area (Å²) in [6.07, 6.45) is 1.63. The van der Waals surface area contributed by atoms with Gasteiger partial charge in [-0.25, -0.2) is 0 Å². The number of benzene rings is 3. The summed E-state index contributed by atoms with van der Waals surface area (Å²) in [5, 5.41) is 16.5. The molecule has 0 radical (unpaired) electrons. The predicted octanol–water partition coefficient (Wildman–Crippen LogP) is 6.13. The van der Waals surface area contributed by atoms with E-state index in [1.54, 1.807) is 12.1 Å². The number of rotatable bonds is 7. The van der Waals surface area contributed by atoms with E-state index in [2.05, 4.69) is 26.1 Å². The molecule has 3 aliphatic rings. The van der Waals surface area contributed by atoms with Crippen molar-refractivity contribution in [3.8, 4) is 11.5 Å². The molecular formula is C29H27BrClN3O5. The van der Waals surface area contributed by atoms with E-state index in [0.717, 1.165) is 24.0 Å². The summed E-state index contributed by atoms with van der Waals surface area (Å²) in [6.45, 7) is 3.19. The lowest BCUT2D eigenvalue weighted by molar-refractivity contribution is -0.534. The van der Waals surface area contributed by atoms with Gasteiger partial charge in [0.15, 0.2) is 17.0 Å². The molecule has 3 aromatic carbocycles. The van der Waals surface area contributed by atoms with Crippen LogP contribution in [-0.2, 0) is 16.9 Å². The van der Waals surface area contributed by atoms with Crippen molar-refractivity contribution >= 4 is 39.1 Å². The van der Waals surface area contributed by atoms with Gasteiger partial charge in [-0.2, -0.15) is 0 Å². The average Bonchev–Trinajstić information content (AvgIpc) is 3.57. The van der Waals surface area contributed by atoms with Gasteiger partial charge in [0, 0.05) is 33.8 Å². The molecule has 0 unspecified atom stereocenters. The van der Waals surface area contributed by atoms with E-state index in [0.29, 0.717) is 52.0 Å². The molecule has 1 amide bonds. The van der Waals surface area contributed by atoms with Crippen LogP contribution in [0.1, 0.15) is 42.4 Å². The Morgan fingerprint density at radius 2 is 1.95 bits per heavy atom. The number of amides is 1. The summed E-state index contributed by atoms with van der Waals surface area (Å²) in [4.78, 5) is 28.4. The van der Waals surface area contributed by atoms with Crippen LogP contribution in [0.2, 0.25) is 5.02 Å². The predicted molar refractivity (Wildman–Crippen MR) is 151 cm³/mol. The Bertz CT molecular complexity index is 1450. The van der Waals surface area contributed by atoms with Crippen molar-refractivity contribution in [2.75, 3.05) is 18.5 Å². The number of carbonyl (C=O) groups excluding carboxylic acids is 1. The van der Waals surface area contributed by atoms with E-state index in [1.807, 2.05) is 55.5 Å². The van der Waals surface area contributed by atoms with Crippen molar-refractivity contribution in [3.05, 3.63) is 97.0 Å². The highest BCUT2D eigenvalue weighted by Gasteiger charge is 2.73. The molecule has 10 heteroatoms. The number of nitrogens with one attached hydrogen (secondary N) is 1. The van der Waals surface area contributed by atoms with Gasteiger partial charge in [-0.3, -0.25) is 19.8 Å². The number of fused-ring (bicyclic) bond motifs is 4. The molecule has 4 atom stereocenters. The monoisotopic (exact) mass is 611 g/mol. The van der Waals surface area contributed by atoms with Crippen LogP contribution in [0.3, 0.4) is 0 Å². The molecule has 0 aliphatic carbocycles. The quantitative estimate of drug-likeness (QED) is 0.255. The average molecular weight is 613 g/mol. The van der Waals surface area contributed by atoms with Crippen LogP contribution < -0.4 is 14.8 Å². The van der Waals surface area contributed by atoms with Crippen molar-refractivity contribution in [1.82, 2.24) is 4.90 Å². The molecule has 2 saturated heterocycles. The minimum atomic E-state index is -1.37. The topological polar surface area (TPSA) is 93.9 Å². The molecule has 0 bridgehead atoms. The van der Waals surface area contributed by atoms with E-state index in [4.69, 9.17) is 21.1 Å². The molecular weight excluding hydrogens is 586 g/mol. The van der Waals surface area contributed by atoms with Crippen molar-refractivity contribution in [2.45, 2.75) is 49.9 Å². The van der Waals surface area contributed by atoms with Crippen LogP contribution in [0, 0.1) is 10.1 Å². The van der Waals surface area contributed by atoms with E-state index < -0.39 is 17.5 Å². The minimum absolute atomic E-state index is 0.167. The zero-order valence-corrected chi connectivity index (χ0v) is 23.6. The number of carbonyl (C=O) groups is 1. The molecule has 0 aromatic heterocycles. The van der Waals surface area contributed by atoms with Gasteiger partial charge in [0.2, 0.25) is 0 Å². The van der Waals surface area contributed by atoms with Gasteiger partial charge in [0.05, 0.1) is 17.0 Å². The molecule has 2 fully saturated rings. The molecule has 1 N–H and O–H groups in total. The Balaban J connectivity index is 1.43. The first-order valence-corrected chi connectivity index (χ1v) is 14.2. The van der Waals surface area contributed by atoms with E-state index in [9.17, 15) is 14.9 Å². The summed E-state index contributed by atoms with van der Waals surface area (Å²) in [6, 6.07) is 17.1. The fourth-order valence-corrected chi connectivity index (χ4v) is 7.39. The van der Waals surface area contributed by atoms with Gasteiger partial charge in [-0.15, -0.1) is 0 Å². The third-order valence-electron chi connectivity index (χ3n) is 8.11. The van der Waals surface area contributed by atoms with Crippen LogP contribution >= 0.6 is 27.5 Å². The zero-order valence-electron chi connectivity index (χ0n) is 21.2. The highest BCUT2D eigenvalue weighted by Crippen LogP contribution is 2.58. The number of halogens is 2. The van der Waals surface area contributed by atoms with Crippen molar-refractivity contribution in [1.29, 1.82) is 0 Å². The Hall–Kier alpha value is -3.14. The maximum Gasteiger partial charge on any atom is 0.256 e. The molecule has 3 aromatic rings. The fourth-order valence-electron chi connectivity index (χ4n) is 6.69. The summed E-state index contributed by atoms with van der Waals surface area (Å²) in [5.74, 6) is 0.167. The molecule has 6 rings (SSSR count). The van der Waals surface area contributed by atoms with Gasteiger partial charge in [-0.1, -0.05) is 41.9 Å². The number of hydrogen-bond donors (Lipinski definition) is 1. The molecule has 1 spiro atoms. The molecule has 0 saturated carbocycles. The van der Waals surface area contributed by atoms with Crippen molar-refractivity contribution < 1.29 is 19.2 Å². The maximum absolute atomic E-state index is 13.7. The number of nitrogens with zero attached hydrogens (tertiary/aromatic N) is 2. The Labute approximate surface area is 239 Å². The van der Waals surface area contributed by atoms with Crippen LogP contribution in [0.25, 0.3) is 0 Å². The van der Waals surface area contributed by atoms with Crippen molar-refractivity contribution in [2.24, 2.45) is 0 Å². The number of nitro groups is 1. The molecule has 8 nitrogen and oxygen atoms in total. The maximum atomic E-state index is 13.7. The first-order valence-electron chi connectivity index (χ1n) is 13.0. The molecule has 39 heavy (non-hydrogen) atoms. The van der Waals surface area contributed by atoms with Gasteiger partial charge in [0.25, 0.3) is 11.9 Å². The third kappa shape index (κ3) is 4.10. The lowest BCUT2D eigenvalue weighted by Gasteiger charge is -2.32. The number of ether oxygens (including phenoxy) is 2. The normalized spacial score (nSPS) is 25.4. The molecule has 3 heterocycles. The summed E-state index contributed by atoms with van der Waals surface area (Å²) < 4.78 is 12.8. The van der Waals surface area contributed by atoms with Gasteiger partial charge in [-0.05, 0) is 77.2 Å². The summed E-state index contributed by atoms with van der Waals surface area (Å²) in [7, 11) is 0. The number of para-hydroxylation sites is 1. The molecule has 202 valence electrons. The minimum Gasteiger partial charge on any atom is -0.490 e. The summed E-state index contributed by atoms with van der Waals surface area (Å²) in [5.41, 5.74) is 1.64. The van der Waals surface area contributed by atoms with Gasteiger partial charge in [0.1, 0.15) is 6.61 Å². The van der Waals surface area contributed by atoms with Crippen LogP contribution in [-0.4, -0.2) is 41.0 Å². The summed E-state index contributed by atoms with van der Waals surface area (Å²) >= 11 is 9.66. The zero-order chi connectivity index (χ0) is 27.3. The smallest absolute Gasteiger partial charge is 0.256 e. The number of hydrogen-bond acceptors (Lipinski definition) is 6. The largest absolute Gasteiger partial charge is 0.490 e. The first kappa shape index (κ1) is 26.1. The van der Waals surface area contributed by atoms with E-state index in [-0.39, 0.29) is 16.9 Å². The van der Waals surface area contributed by atoms with Gasteiger partial charge >= 0.3 is 0 Å². The highest BCUT2D eigenvalue weighted by atomic mass is 79.9. The first-order chi connectivity index (χ1) is 18.9. The molecule has 3 aliphatic heterocycles. The lowest BCUT2D eigenvalue weighted by atomic mass is 9.77. The van der Waals surface area contributed by atoms with E-state index in [1.165, 1.54) is 0 Å². The third-order valence-corrected chi connectivity index (χ3v) is 8.95. The SMILES string of the molecule is CCOc1cc([C@@H]2[C@@H]3CCCN3[C@]3(C(=O)Nc4ccccc43)[C@@H]2[N+](=O)[O-])cc(Br)c1OCc1ccc(Cl)cc1. The number of anilines is 1. The van der Waals surface area contributed by atoms with Gasteiger partial charge < -0.3 is 14.8 Å². The van der Waals surface area contributed by atoms with Crippen molar-refractivity contribution in [3.63, 3.8) is 0 Å². The second kappa shape index (κ2) is 10.1. The lowest BCUT2D eigenvalue weighted by Crippen LogP contribution is -2.55. The Morgan fingerprint density at radius 3 is 2.69 bits per heavy atom. The Morgan fingerprint density at radius 1 is 1.18 bits per heavy atom. The standard InChI is InChI=1S/C29H27BrClN3O5/c1-2-38-24-15-18(14-21(30)26(24)39-16-17-9-11-19(31)12-10-17)25-23-8-5-13-33(23)29(27(25)34(36)37)20-6-3-4-7-22(20)32-28(29)35/h3-4,6-7,9-12,14-15,23,25,27H,2,5,8,13,16H2,1H3,(H,32,35)/t23-,25+,27+,29-/m0/s1.